The molecular weight excluding hydrogens is 330 g/mol. The van der Waals surface area contributed by atoms with Crippen LogP contribution in [0.1, 0.15) is 0 Å². The summed E-state index contributed by atoms with van der Waals surface area (Å²) in [4.78, 5) is 4.13. The van der Waals surface area contributed by atoms with Crippen molar-refractivity contribution in [3.63, 3.8) is 0 Å². The van der Waals surface area contributed by atoms with E-state index in [2.05, 4.69) is 4.90 Å². The largest absolute Gasteiger partial charge is 0.395 e. The van der Waals surface area contributed by atoms with Gasteiger partial charge < -0.3 is 26.2 Å². The molecule has 1 aliphatic heterocycles. The van der Waals surface area contributed by atoms with E-state index >= 15 is 0 Å². The third kappa shape index (κ3) is 10.9. The maximum atomic E-state index is 10.5. The Balaban J connectivity index is 0.000000515. The average molecular weight is 359 g/mol. The molecular formula is C12H29N3O7S. The minimum Gasteiger partial charge on any atom is -0.395 e. The lowest BCUT2D eigenvalue weighted by molar-refractivity contribution is 0.0697. The topological polar surface area (TPSA) is 168 Å². The van der Waals surface area contributed by atoms with Gasteiger partial charge in [0, 0.05) is 39.3 Å². The number of rotatable bonds is 8. The monoisotopic (exact) mass is 359 g/mol. The Labute approximate surface area is 136 Å². The number of hydrogen-bond acceptors (Lipinski definition) is 9. The third-order valence-corrected chi connectivity index (χ3v) is 4.19. The minimum atomic E-state index is -3.84. The predicted molar refractivity (Wildman–Crippen MR) is 84.6 cm³/mol. The zero-order valence-electron chi connectivity index (χ0n) is 13.2. The molecule has 7 N–H and O–H groups in total. The fraction of sp³-hybridized carbons (Fsp3) is 1.00. The number of nitrogens with two attached hydrogens (primary N) is 1. The molecule has 11 heteroatoms. The lowest BCUT2D eigenvalue weighted by atomic mass is 10.1. The van der Waals surface area contributed by atoms with Crippen LogP contribution in [-0.4, -0.2) is 120 Å². The van der Waals surface area contributed by atoms with Crippen molar-refractivity contribution in [1.29, 1.82) is 0 Å². The van der Waals surface area contributed by atoms with Gasteiger partial charge in [-0.3, -0.25) is 14.4 Å². The smallest absolute Gasteiger partial charge is 0.266 e. The first-order valence-electron chi connectivity index (χ1n) is 7.32. The second kappa shape index (κ2) is 11.2. The van der Waals surface area contributed by atoms with Crippen molar-refractivity contribution < 1.29 is 33.4 Å². The van der Waals surface area contributed by atoms with Crippen LogP contribution in [0, 0.1) is 0 Å². The zero-order chi connectivity index (χ0) is 17.9. The Morgan fingerprint density at radius 1 is 0.870 bits per heavy atom. The van der Waals surface area contributed by atoms with Crippen LogP contribution < -0.4 is 5.73 Å². The summed E-state index contributed by atoms with van der Waals surface area (Å²) in [6.45, 7) is 3.26. The first-order chi connectivity index (χ1) is 10.7. The van der Waals surface area contributed by atoms with E-state index in [0.717, 1.165) is 26.2 Å². The van der Waals surface area contributed by atoms with Gasteiger partial charge in [-0.1, -0.05) is 0 Å². The van der Waals surface area contributed by atoms with E-state index in [1.807, 2.05) is 4.90 Å². The van der Waals surface area contributed by atoms with Gasteiger partial charge in [-0.2, -0.15) is 8.42 Å². The predicted octanol–water partition coefficient (Wildman–Crippen LogP) is -3.86. The van der Waals surface area contributed by atoms with Gasteiger partial charge in [0.2, 0.25) is 0 Å². The first-order valence-corrected chi connectivity index (χ1v) is 8.93. The molecule has 10 nitrogen and oxygen atoms in total. The van der Waals surface area contributed by atoms with Crippen molar-refractivity contribution in [2.45, 2.75) is 5.54 Å². The molecule has 0 amide bonds. The number of nitrogens with zero attached hydrogens (tertiary/aromatic N) is 2. The summed E-state index contributed by atoms with van der Waals surface area (Å²) >= 11 is 0. The highest BCUT2D eigenvalue weighted by Gasteiger charge is 2.20. The quantitative estimate of drug-likeness (QED) is 0.236. The molecule has 0 saturated carbocycles. The van der Waals surface area contributed by atoms with Crippen molar-refractivity contribution in [3.05, 3.63) is 0 Å². The van der Waals surface area contributed by atoms with Gasteiger partial charge in [-0.05, 0) is 0 Å². The van der Waals surface area contributed by atoms with Gasteiger partial charge in [0.25, 0.3) is 10.1 Å². The molecule has 0 spiro atoms. The SMILES string of the molecule is NC(CO)(CO)CO.O=S(=O)(O)CCN1CCN(CCO)CC1. The molecule has 1 aliphatic rings. The van der Waals surface area contributed by atoms with Gasteiger partial charge in [-0.25, -0.2) is 0 Å². The maximum absolute atomic E-state index is 10.5. The van der Waals surface area contributed by atoms with E-state index in [9.17, 15) is 8.42 Å². The van der Waals surface area contributed by atoms with Crippen molar-refractivity contribution in [2.75, 3.05) is 71.4 Å². The second-order valence-electron chi connectivity index (χ2n) is 5.53. The zero-order valence-corrected chi connectivity index (χ0v) is 14.0. The second-order valence-corrected chi connectivity index (χ2v) is 7.10. The summed E-state index contributed by atoms with van der Waals surface area (Å²) in [7, 11) is -3.84. The molecule has 0 aromatic rings. The molecule has 0 unspecified atom stereocenters. The van der Waals surface area contributed by atoms with E-state index in [1.165, 1.54) is 0 Å². The van der Waals surface area contributed by atoms with E-state index in [0.29, 0.717) is 13.1 Å². The Hall–Kier alpha value is -0.370. The average Bonchev–Trinajstić information content (AvgIpc) is 2.54. The highest BCUT2D eigenvalue weighted by Crippen LogP contribution is 2.01. The van der Waals surface area contributed by atoms with Gasteiger partial charge in [-0.15, -0.1) is 0 Å². The van der Waals surface area contributed by atoms with Crippen LogP contribution in [0.5, 0.6) is 0 Å². The first kappa shape index (κ1) is 22.6. The van der Waals surface area contributed by atoms with Crippen molar-refractivity contribution in [3.8, 4) is 0 Å². The summed E-state index contributed by atoms with van der Waals surface area (Å²) in [5.41, 5.74) is 3.94. The number of aliphatic hydroxyl groups excluding tert-OH is 4. The van der Waals surface area contributed by atoms with Crippen molar-refractivity contribution in [1.82, 2.24) is 9.80 Å². The van der Waals surface area contributed by atoms with E-state index in [1.54, 1.807) is 0 Å². The van der Waals surface area contributed by atoms with Crippen LogP contribution in [-0.2, 0) is 10.1 Å². The normalized spacial score (nSPS) is 17.7. The number of β-amino-alcohol motifs (C(OH)–C–C–N with tert-alkyl or cyclic N) is 1. The van der Waals surface area contributed by atoms with Crippen LogP contribution in [0.2, 0.25) is 0 Å². The molecule has 23 heavy (non-hydrogen) atoms. The summed E-state index contributed by atoms with van der Waals surface area (Å²) in [5, 5.41) is 33.7. The van der Waals surface area contributed by atoms with Gasteiger partial charge in [0.15, 0.2) is 0 Å². The van der Waals surface area contributed by atoms with Crippen molar-refractivity contribution >= 4 is 10.1 Å². The van der Waals surface area contributed by atoms with Crippen LogP contribution in [0.15, 0.2) is 0 Å². The fourth-order valence-electron chi connectivity index (χ4n) is 1.77. The molecule has 0 aromatic carbocycles. The maximum Gasteiger partial charge on any atom is 0.266 e. The Bertz CT molecular complexity index is 387. The highest BCUT2D eigenvalue weighted by molar-refractivity contribution is 7.85. The lowest BCUT2D eigenvalue weighted by Gasteiger charge is -2.33. The molecule has 140 valence electrons. The molecule has 1 heterocycles. The van der Waals surface area contributed by atoms with Crippen LogP contribution in [0.25, 0.3) is 0 Å². The summed E-state index contributed by atoms with van der Waals surface area (Å²) < 4.78 is 29.6. The van der Waals surface area contributed by atoms with E-state index in [4.69, 9.17) is 30.7 Å². The Morgan fingerprint density at radius 2 is 1.26 bits per heavy atom. The lowest BCUT2D eigenvalue weighted by Crippen LogP contribution is -2.50. The molecule has 0 aliphatic carbocycles. The van der Waals surface area contributed by atoms with Crippen LogP contribution >= 0.6 is 0 Å². The van der Waals surface area contributed by atoms with E-state index < -0.39 is 35.5 Å². The Morgan fingerprint density at radius 3 is 1.52 bits per heavy atom. The van der Waals surface area contributed by atoms with Gasteiger partial charge in [0.05, 0.1) is 37.7 Å². The molecule has 1 fully saturated rings. The molecule has 0 atom stereocenters. The van der Waals surface area contributed by atoms with Gasteiger partial charge >= 0.3 is 0 Å². The minimum absolute atomic E-state index is 0.158. The molecule has 0 radical (unpaired) electrons. The standard InChI is InChI=1S/C8H18N2O4S.C4H11NO3/c11-7-5-9-1-3-10(4-2-9)6-8-15(12,13)14;5-4(1-6,2-7)3-8/h11H,1-8H2,(H,12,13,14);6-8H,1-3,5H2. The van der Waals surface area contributed by atoms with Crippen molar-refractivity contribution in [2.24, 2.45) is 5.73 Å². The van der Waals surface area contributed by atoms with E-state index in [-0.39, 0.29) is 12.4 Å². The fourth-order valence-corrected chi connectivity index (χ4v) is 2.26. The van der Waals surface area contributed by atoms with Crippen LogP contribution in [0.3, 0.4) is 0 Å². The number of aliphatic hydroxyl groups is 4. The molecule has 0 bridgehead atoms. The number of hydrogen-bond donors (Lipinski definition) is 6. The molecule has 1 saturated heterocycles. The number of piperazine rings is 1. The van der Waals surface area contributed by atoms with Gasteiger partial charge in [0.1, 0.15) is 0 Å². The molecule has 1 rings (SSSR count). The highest BCUT2D eigenvalue weighted by atomic mass is 32.2. The van der Waals surface area contributed by atoms with Crippen LogP contribution in [0.4, 0.5) is 0 Å². The summed E-state index contributed by atoms with van der Waals surface area (Å²) in [6, 6.07) is 0. The third-order valence-electron chi connectivity index (χ3n) is 3.49. The summed E-state index contributed by atoms with van der Waals surface area (Å²) in [6.07, 6.45) is 0. The Kier molecular flexibility index (Phi) is 11.1. The molecule has 0 aromatic heterocycles. The summed E-state index contributed by atoms with van der Waals surface area (Å²) in [5.74, 6) is -0.201.